The summed E-state index contributed by atoms with van der Waals surface area (Å²) in [5.41, 5.74) is 3.60. The molecule has 0 N–H and O–H groups in total. The average molecular weight is 419 g/mol. The van der Waals surface area contributed by atoms with E-state index in [9.17, 15) is 9.59 Å². The van der Waals surface area contributed by atoms with Crippen LogP contribution in [0.25, 0.3) is 0 Å². The molecule has 4 aliphatic rings. The number of benzene rings is 1. The largest absolute Gasteiger partial charge is 0.462 e. The maximum Gasteiger partial charge on any atom is 0.302 e. The van der Waals surface area contributed by atoms with Crippen molar-refractivity contribution in [3.8, 4) is 0 Å². The van der Waals surface area contributed by atoms with Crippen molar-refractivity contribution < 1.29 is 14.3 Å². The summed E-state index contributed by atoms with van der Waals surface area (Å²) < 4.78 is 5.56. The van der Waals surface area contributed by atoms with Gasteiger partial charge in [-0.2, -0.15) is 0 Å². The van der Waals surface area contributed by atoms with Crippen LogP contribution in [0.1, 0.15) is 76.1 Å². The third-order valence-corrected chi connectivity index (χ3v) is 9.25. The van der Waals surface area contributed by atoms with E-state index in [1.807, 2.05) is 30.3 Å². The predicted molar refractivity (Wildman–Crippen MR) is 121 cm³/mol. The van der Waals surface area contributed by atoms with E-state index in [-0.39, 0.29) is 28.7 Å². The molecule has 3 nitrogen and oxygen atoms in total. The minimum atomic E-state index is -0.163. The van der Waals surface area contributed by atoms with Crippen LogP contribution in [0.5, 0.6) is 0 Å². The molecule has 2 saturated carbocycles. The summed E-state index contributed by atoms with van der Waals surface area (Å²) in [4.78, 5) is 24.8. The van der Waals surface area contributed by atoms with Crippen LogP contribution in [0.3, 0.4) is 0 Å². The second-order valence-electron chi connectivity index (χ2n) is 10.7. The molecule has 1 aromatic carbocycles. The first-order chi connectivity index (χ1) is 14.8. The molecule has 0 spiro atoms. The molecule has 31 heavy (non-hydrogen) atoms. The quantitative estimate of drug-likeness (QED) is 0.329. The molecule has 0 unspecified atom stereocenters. The smallest absolute Gasteiger partial charge is 0.302 e. The lowest BCUT2D eigenvalue weighted by molar-refractivity contribution is -0.148. The SMILES string of the molecule is CC(=O)O[C@@H]1CC[C@@]2(C)C(=CC[C@@H]3[C@@H]2CC[C@]2(C)C(C(=O)c4ccccc4)=CC[C@@H]32)C1. The van der Waals surface area contributed by atoms with Gasteiger partial charge < -0.3 is 4.74 Å². The highest BCUT2D eigenvalue weighted by atomic mass is 16.5. The zero-order chi connectivity index (χ0) is 21.8. The number of fused-ring (bicyclic) bond motifs is 5. The Morgan fingerprint density at radius 2 is 1.68 bits per heavy atom. The molecule has 4 aliphatic carbocycles. The molecular formula is C28H34O3. The molecule has 0 bridgehead atoms. The fourth-order valence-corrected chi connectivity index (χ4v) is 7.63. The number of ether oxygens (including phenoxy) is 1. The molecule has 5 rings (SSSR count). The summed E-state index contributed by atoms with van der Waals surface area (Å²) in [7, 11) is 0. The third kappa shape index (κ3) is 3.23. The Balaban J connectivity index is 1.39. The van der Waals surface area contributed by atoms with Gasteiger partial charge in [0.1, 0.15) is 6.10 Å². The van der Waals surface area contributed by atoms with Crippen LogP contribution in [0.2, 0.25) is 0 Å². The first-order valence-corrected chi connectivity index (χ1v) is 12.0. The number of hydrogen-bond acceptors (Lipinski definition) is 3. The number of Topliss-reactive ketones (excluding diaryl/α,β-unsaturated/α-hetero) is 1. The molecule has 0 heterocycles. The van der Waals surface area contributed by atoms with Gasteiger partial charge in [0.2, 0.25) is 0 Å². The summed E-state index contributed by atoms with van der Waals surface area (Å²) in [6.07, 6.45) is 12.2. The Hall–Kier alpha value is -2.16. The number of esters is 1. The minimum Gasteiger partial charge on any atom is -0.462 e. The zero-order valence-corrected chi connectivity index (χ0v) is 19.0. The van der Waals surface area contributed by atoms with Gasteiger partial charge in [-0.1, -0.05) is 61.9 Å². The van der Waals surface area contributed by atoms with Crippen molar-refractivity contribution in [2.24, 2.45) is 28.6 Å². The van der Waals surface area contributed by atoms with Crippen molar-refractivity contribution in [3.05, 3.63) is 59.2 Å². The van der Waals surface area contributed by atoms with Crippen molar-refractivity contribution in [2.45, 2.75) is 71.8 Å². The maximum absolute atomic E-state index is 13.4. The van der Waals surface area contributed by atoms with Crippen molar-refractivity contribution in [1.82, 2.24) is 0 Å². The molecule has 3 heteroatoms. The van der Waals surface area contributed by atoms with Crippen LogP contribution in [-0.2, 0) is 9.53 Å². The normalized spacial score (nSPS) is 38.8. The molecular weight excluding hydrogens is 384 g/mol. The zero-order valence-electron chi connectivity index (χ0n) is 19.0. The number of ketones is 1. The van der Waals surface area contributed by atoms with Crippen LogP contribution >= 0.6 is 0 Å². The number of allylic oxidation sites excluding steroid dienone is 3. The molecule has 2 fully saturated rings. The van der Waals surface area contributed by atoms with Crippen LogP contribution in [0.4, 0.5) is 0 Å². The molecule has 6 atom stereocenters. The highest BCUT2D eigenvalue weighted by Gasteiger charge is 2.57. The first kappa shape index (κ1) is 20.7. The van der Waals surface area contributed by atoms with Gasteiger partial charge in [-0.25, -0.2) is 0 Å². The van der Waals surface area contributed by atoms with E-state index < -0.39 is 0 Å². The summed E-state index contributed by atoms with van der Waals surface area (Å²) in [5, 5.41) is 0. The van der Waals surface area contributed by atoms with E-state index >= 15 is 0 Å². The Labute approximate surface area is 185 Å². The number of carbonyl (C=O) groups is 2. The lowest BCUT2D eigenvalue weighted by Gasteiger charge is -2.57. The number of carbonyl (C=O) groups excluding carboxylic acids is 2. The highest BCUT2D eigenvalue weighted by Crippen LogP contribution is 2.65. The number of hydrogen-bond donors (Lipinski definition) is 0. The molecule has 0 aliphatic heterocycles. The molecule has 0 radical (unpaired) electrons. The van der Waals surface area contributed by atoms with Gasteiger partial charge in [0.25, 0.3) is 0 Å². The van der Waals surface area contributed by atoms with Gasteiger partial charge in [0.15, 0.2) is 5.78 Å². The van der Waals surface area contributed by atoms with Gasteiger partial charge >= 0.3 is 5.97 Å². The van der Waals surface area contributed by atoms with Crippen molar-refractivity contribution in [2.75, 3.05) is 0 Å². The summed E-state index contributed by atoms with van der Waals surface area (Å²) in [6, 6.07) is 9.78. The Bertz CT molecular complexity index is 958. The molecule has 0 saturated heterocycles. The summed E-state index contributed by atoms with van der Waals surface area (Å²) in [6.45, 7) is 6.33. The third-order valence-electron chi connectivity index (χ3n) is 9.25. The highest BCUT2D eigenvalue weighted by molar-refractivity contribution is 6.09. The van der Waals surface area contributed by atoms with Gasteiger partial charge in [0.05, 0.1) is 0 Å². The second-order valence-corrected chi connectivity index (χ2v) is 10.7. The fourth-order valence-electron chi connectivity index (χ4n) is 7.63. The lowest BCUT2D eigenvalue weighted by atomic mass is 9.47. The first-order valence-electron chi connectivity index (χ1n) is 12.0. The van der Waals surface area contributed by atoms with E-state index in [1.165, 1.54) is 18.9 Å². The van der Waals surface area contributed by atoms with Gasteiger partial charge in [0, 0.05) is 24.5 Å². The molecule has 164 valence electrons. The predicted octanol–water partition coefficient (Wildman–Crippen LogP) is 6.30. The van der Waals surface area contributed by atoms with Gasteiger partial charge in [-0.15, -0.1) is 0 Å². The van der Waals surface area contributed by atoms with Gasteiger partial charge in [-0.05, 0) is 67.1 Å². The Morgan fingerprint density at radius 1 is 0.935 bits per heavy atom. The fraction of sp³-hybridized carbons (Fsp3) is 0.571. The van der Waals surface area contributed by atoms with Crippen LogP contribution < -0.4 is 0 Å². The standard InChI is InChI=1S/C28H34O3/c1-18(29)31-21-13-15-27(2)20(17-21)9-10-22-23-11-12-25(28(23,3)16-14-24(22)27)26(30)19-7-5-4-6-8-19/h4-9,12,21-24H,10-11,13-17H2,1-3H3/t21-,22+,23+,24+,27+,28+/m1/s1. The monoisotopic (exact) mass is 418 g/mol. The minimum absolute atomic E-state index is 0.00919. The van der Waals surface area contributed by atoms with Crippen LogP contribution in [0.15, 0.2) is 53.6 Å². The van der Waals surface area contributed by atoms with E-state index in [4.69, 9.17) is 4.74 Å². The topological polar surface area (TPSA) is 43.4 Å². The second kappa shape index (κ2) is 7.46. The van der Waals surface area contributed by atoms with Crippen LogP contribution in [0, 0.1) is 28.6 Å². The number of rotatable bonds is 3. The van der Waals surface area contributed by atoms with Crippen molar-refractivity contribution in [1.29, 1.82) is 0 Å². The van der Waals surface area contributed by atoms with Crippen molar-refractivity contribution >= 4 is 11.8 Å². The summed E-state index contributed by atoms with van der Waals surface area (Å²) in [5.74, 6) is 1.92. The Morgan fingerprint density at radius 3 is 2.42 bits per heavy atom. The maximum atomic E-state index is 13.4. The lowest BCUT2D eigenvalue weighted by Crippen LogP contribution is -2.50. The molecule has 1 aromatic rings. The van der Waals surface area contributed by atoms with E-state index in [1.54, 1.807) is 0 Å². The van der Waals surface area contributed by atoms with Crippen molar-refractivity contribution in [3.63, 3.8) is 0 Å². The van der Waals surface area contributed by atoms with E-state index in [0.717, 1.165) is 49.7 Å². The van der Waals surface area contributed by atoms with E-state index in [0.29, 0.717) is 17.8 Å². The Kier molecular flexibility index (Phi) is 4.99. The molecule has 0 aromatic heterocycles. The van der Waals surface area contributed by atoms with Gasteiger partial charge in [-0.3, -0.25) is 9.59 Å². The van der Waals surface area contributed by atoms with Crippen LogP contribution in [-0.4, -0.2) is 17.9 Å². The average Bonchev–Trinajstić information content (AvgIpc) is 3.11. The summed E-state index contributed by atoms with van der Waals surface area (Å²) >= 11 is 0. The molecule has 0 amide bonds. The van der Waals surface area contributed by atoms with E-state index in [2.05, 4.69) is 26.0 Å².